The number of rotatable bonds is 7. The molecule has 0 atom stereocenters. The van der Waals surface area contributed by atoms with E-state index < -0.39 is 0 Å². The van der Waals surface area contributed by atoms with Crippen molar-refractivity contribution in [2.75, 3.05) is 5.75 Å². The topological polar surface area (TPSA) is 85.1 Å². The fourth-order valence-corrected chi connectivity index (χ4v) is 4.07. The van der Waals surface area contributed by atoms with Crippen molar-refractivity contribution in [2.45, 2.75) is 12.1 Å². The van der Waals surface area contributed by atoms with Crippen LogP contribution in [0.5, 0.6) is 0 Å². The van der Waals surface area contributed by atoms with Gasteiger partial charge in [-0.05, 0) is 48.9 Å². The number of nitrogens with zero attached hydrogens (tertiary/aromatic N) is 5. The van der Waals surface area contributed by atoms with Crippen LogP contribution in [0.25, 0.3) is 17.1 Å². The normalized spacial score (nSPS) is 11.1. The molecule has 1 amide bonds. The van der Waals surface area contributed by atoms with Crippen molar-refractivity contribution in [3.63, 3.8) is 0 Å². The lowest BCUT2D eigenvalue weighted by atomic mass is 10.2. The largest absolute Gasteiger partial charge is 0.272 e. The van der Waals surface area contributed by atoms with E-state index in [0.29, 0.717) is 11.0 Å². The SMILES string of the molecule is Cc1ccc(-n2c(SCC(=O)NN=Cc3cccc(Br)c3)nnc2-c2ccncc2)cc1. The highest BCUT2D eigenvalue weighted by Gasteiger charge is 2.17. The number of carbonyl (C=O) groups is 1. The molecule has 0 saturated carbocycles. The zero-order valence-electron chi connectivity index (χ0n) is 17.1. The van der Waals surface area contributed by atoms with Crippen LogP contribution >= 0.6 is 27.7 Å². The maximum Gasteiger partial charge on any atom is 0.250 e. The third-order valence-electron chi connectivity index (χ3n) is 4.45. The van der Waals surface area contributed by atoms with Crippen LogP contribution in [-0.2, 0) is 4.79 Å². The highest BCUT2D eigenvalue weighted by molar-refractivity contribution is 9.10. The highest BCUT2D eigenvalue weighted by atomic mass is 79.9. The van der Waals surface area contributed by atoms with Crippen LogP contribution < -0.4 is 5.43 Å². The minimum absolute atomic E-state index is 0.149. The van der Waals surface area contributed by atoms with Crippen molar-refractivity contribution in [2.24, 2.45) is 5.10 Å². The number of aromatic nitrogens is 4. The summed E-state index contributed by atoms with van der Waals surface area (Å²) in [6.45, 7) is 2.04. The molecule has 2 aromatic heterocycles. The predicted octanol–water partition coefficient (Wildman–Crippen LogP) is 4.64. The minimum Gasteiger partial charge on any atom is -0.272 e. The van der Waals surface area contributed by atoms with Crippen molar-refractivity contribution >= 4 is 39.8 Å². The lowest BCUT2D eigenvalue weighted by Gasteiger charge is -2.10. The molecule has 0 aliphatic heterocycles. The van der Waals surface area contributed by atoms with Gasteiger partial charge in [-0.3, -0.25) is 14.3 Å². The number of carbonyl (C=O) groups excluding carboxylic acids is 1. The Morgan fingerprint density at radius 3 is 2.66 bits per heavy atom. The molecular formula is C23H19BrN6OS. The Morgan fingerprint density at radius 1 is 1.12 bits per heavy atom. The summed E-state index contributed by atoms with van der Waals surface area (Å²) < 4.78 is 2.89. The van der Waals surface area contributed by atoms with E-state index in [1.807, 2.05) is 72.2 Å². The second-order valence-electron chi connectivity index (χ2n) is 6.85. The fourth-order valence-electron chi connectivity index (χ4n) is 2.91. The van der Waals surface area contributed by atoms with Gasteiger partial charge in [-0.1, -0.05) is 57.5 Å². The molecule has 0 unspecified atom stereocenters. The molecule has 160 valence electrons. The Morgan fingerprint density at radius 2 is 1.91 bits per heavy atom. The van der Waals surface area contributed by atoms with Gasteiger partial charge in [0.2, 0.25) is 0 Å². The number of hydrogen-bond donors (Lipinski definition) is 1. The summed E-state index contributed by atoms with van der Waals surface area (Å²) in [5.74, 6) is 0.605. The zero-order valence-corrected chi connectivity index (χ0v) is 19.5. The van der Waals surface area contributed by atoms with Gasteiger partial charge in [0.1, 0.15) is 0 Å². The van der Waals surface area contributed by atoms with Gasteiger partial charge in [0.15, 0.2) is 11.0 Å². The molecule has 0 radical (unpaired) electrons. The van der Waals surface area contributed by atoms with Crippen molar-refractivity contribution in [1.29, 1.82) is 0 Å². The predicted molar refractivity (Wildman–Crippen MR) is 130 cm³/mol. The van der Waals surface area contributed by atoms with Crippen LogP contribution in [0, 0.1) is 6.92 Å². The first-order chi connectivity index (χ1) is 15.6. The molecule has 0 spiro atoms. The van der Waals surface area contributed by atoms with Crippen LogP contribution in [0.4, 0.5) is 0 Å². The maximum atomic E-state index is 12.3. The molecule has 32 heavy (non-hydrogen) atoms. The number of hydrazone groups is 1. The van der Waals surface area contributed by atoms with Gasteiger partial charge in [0.25, 0.3) is 5.91 Å². The molecule has 0 bridgehead atoms. The van der Waals surface area contributed by atoms with Crippen LogP contribution in [-0.4, -0.2) is 37.6 Å². The molecule has 9 heteroatoms. The molecule has 2 aromatic carbocycles. The number of nitrogens with one attached hydrogen (secondary N) is 1. The third-order valence-corrected chi connectivity index (χ3v) is 5.87. The lowest BCUT2D eigenvalue weighted by Crippen LogP contribution is -2.20. The quantitative estimate of drug-likeness (QED) is 0.224. The summed E-state index contributed by atoms with van der Waals surface area (Å²) in [7, 11) is 0. The van der Waals surface area contributed by atoms with Crippen molar-refractivity contribution in [1.82, 2.24) is 25.2 Å². The van der Waals surface area contributed by atoms with Gasteiger partial charge >= 0.3 is 0 Å². The van der Waals surface area contributed by atoms with Gasteiger partial charge in [-0.2, -0.15) is 5.10 Å². The summed E-state index contributed by atoms with van der Waals surface area (Å²) in [4.78, 5) is 16.4. The van der Waals surface area contributed by atoms with Gasteiger partial charge < -0.3 is 0 Å². The Hall–Kier alpha value is -3.30. The number of amides is 1. The van der Waals surface area contributed by atoms with E-state index in [2.05, 4.69) is 41.6 Å². The Bertz CT molecular complexity index is 1240. The molecule has 1 N–H and O–H groups in total. The molecule has 0 aliphatic carbocycles. The van der Waals surface area contributed by atoms with Crippen molar-refractivity contribution in [3.8, 4) is 17.1 Å². The average molecular weight is 507 g/mol. The van der Waals surface area contributed by atoms with Crippen LogP contribution in [0.2, 0.25) is 0 Å². The molecule has 0 fully saturated rings. The first-order valence-electron chi connectivity index (χ1n) is 9.73. The van der Waals surface area contributed by atoms with Gasteiger partial charge in [-0.15, -0.1) is 10.2 Å². The van der Waals surface area contributed by atoms with Crippen LogP contribution in [0.3, 0.4) is 0 Å². The molecule has 0 saturated heterocycles. The highest BCUT2D eigenvalue weighted by Crippen LogP contribution is 2.27. The minimum atomic E-state index is -0.231. The first-order valence-corrected chi connectivity index (χ1v) is 11.5. The number of thioether (sulfide) groups is 1. The zero-order chi connectivity index (χ0) is 22.3. The van der Waals surface area contributed by atoms with E-state index in [1.54, 1.807) is 18.6 Å². The second kappa shape index (κ2) is 10.3. The number of benzene rings is 2. The van der Waals surface area contributed by atoms with Gasteiger partial charge in [0.05, 0.1) is 12.0 Å². The summed E-state index contributed by atoms with van der Waals surface area (Å²) in [6.07, 6.45) is 5.03. The monoisotopic (exact) mass is 506 g/mol. The van der Waals surface area contributed by atoms with E-state index in [-0.39, 0.29) is 11.7 Å². The Balaban J connectivity index is 1.50. The molecule has 2 heterocycles. The molecule has 0 aliphatic rings. The molecule has 7 nitrogen and oxygen atoms in total. The van der Waals surface area contributed by atoms with E-state index in [9.17, 15) is 4.79 Å². The lowest BCUT2D eigenvalue weighted by molar-refractivity contribution is -0.118. The standard InChI is InChI=1S/C23H19BrN6OS/c1-16-5-7-20(8-6-16)30-22(18-9-11-25-12-10-18)28-29-23(30)32-15-21(31)27-26-14-17-3-2-4-19(24)13-17/h2-14H,15H2,1H3,(H,27,31). The molecular weight excluding hydrogens is 488 g/mol. The van der Waals surface area contributed by atoms with Gasteiger partial charge in [-0.25, -0.2) is 5.43 Å². The van der Waals surface area contributed by atoms with Gasteiger partial charge in [0, 0.05) is 28.1 Å². The first kappa shape index (κ1) is 21.9. The Labute approximate surface area is 198 Å². The summed E-state index contributed by atoms with van der Waals surface area (Å²) in [5, 5.41) is 13.4. The number of pyridine rings is 1. The number of halogens is 1. The molecule has 4 rings (SSSR count). The van der Waals surface area contributed by atoms with Crippen molar-refractivity contribution < 1.29 is 4.79 Å². The molecule has 4 aromatic rings. The van der Waals surface area contributed by atoms with E-state index >= 15 is 0 Å². The maximum absolute atomic E-state index is 12.3. The van der Waals surface area contributed by atoms with E-state index in [0.717, 1.165) is 26.9 Å². The number of aryl methyl sites for hydroxylation is 1. The van der Waals surface area contributed by atoms with Crippen LogP contribution in [0.15, 0.2) is 87.8 Å². The summed E-state index contributed by atoms with van der Waals surface area (Å²) in [6, 6.07) is 19.5. The van der Waals surface area contributed by atoms with Crippen molar-refractivity contribution in [3.05, 3.63) is 88.7 Å². The average Bonchev–Trinajstić information content (AvgIpc) is 3.23. The van der Waals surface area contributed by atoms with E-state index in [1.165, 1.54) is 11.8 Å². The Kier molecular flexibility index (Phi) is 7.08. The summed E-state index contributed by atoms with van der Waals surface area (Å²) >= 11 is 4.71. The fraction of sp³-hybridized carbons (Fsp3) is 0.0870. The summed E-state index contributed by atoms with van der Waals surface area (Å²) in [5.41, 5.74) is 6.41. The smallest absolute Gasteiger partial charge is 0.250 e. The second-order valence-corrected chi connectivity index (χ2v) is 8.71. The third kappa shape index (κ3) is 5.49. The van der Waals surface area contributed by atoms with Crippen LogP contribution in [0.1, 0.15) is 11.1 Å². The number of hydrogen-bond acceptors (Lipinski definition) is 6. The van der Waals surface area contributed by atoms with E-state index in [4.69, 9.17) is 0 Å².